The van der Waals surface area contributed by atoms with Gasteiger partial charge in [0.15, 0.2) is 0 Å². The Kier molecular flexibility index (Phi) is 4.29. The zero-order chi connectivity index (χ0) is 15.4. The Morgan fingerprint density at radius 3 is 2.62 bits per heavy atom. The van der Waals surface area contributed by atoms with E-state index in [4.69, 9.17) is 6.42 Å². The minimum Gasteiger partial charge on any atom is -0.320 e. The summed E-state index contributed by atoms with van der Waals surface area (Å²) in [5, 5.41) is 2.66. The van der Waals surface area contributed by atoms with E-state index in [9.17, 15) is 9.59 Å². The summed E-state index contributed by atoms with van der Waals surface area (Å²) in [5.41, 5.74) is 1.48. The number of nitrogens with zero attached hydrogens (tertiary/aromatic N) is 2. The fraction of sp³-hybridized carbons (Fsp3) is 0.250. The first kappa shape index (κ1) is 14.7. The third kappa shape index (κ3) is 2.90. The average Bonchev–Trinajstić information content (AvgIpc) is 2.70. The predicted molar refractivity (Wildman–Crippen MR) is 82.4 cm³/mol. The minimum atomic E-state index is -0.254. The van der Waals surface area contributed by atoms with E-state index < -0.39 is 0 Å². The first-order chi connectivity index (χ1) is 10.1. The molecule has 0 spiro atoms. The van der Waals surface area contributed by atoms with E-state index in [1.165, 1.54) is 4.68 Å². The lowest BCUT2D eigenvalue weighted by atomic mass is 10.3. The van der Waals surface area contributed by atoms with Crippen molar-refractivity contribution in [2.45, 2.75) is 19.8 Å². The van der Waals surface area contributed by atoms with Crippen molar-refractivity contribution in [3.05, 3.63) is 46.4 Å². The maximum atomic E-state index is 12.5. The quantitative estimate of drug-likeness (QED) is 0.870. The van der Waals surface area contributed by atoms with Crippen LogP contribution in [0.2, 0.25) is 0 Å². The fourth-order valence-corrected chi connectivity index (χ4v) is 2.10. The summed E-state index contributed by atoms with van der Waals surface area (Å²) in [4.78, 5) is 24.3. The van der Waals surface area contributed by atoms with Crippen molar-refractivity contribution in [1.29, 1.82) is 0 Å². The summed E-state index contributed by atoms with van der Waals surface area (Å²) >= 11 is 0. The van der Waals surface area contributed by atoms with Gasteiger partial charge in [-0.25, -0.2) is 4.68 Å². The van der Waals surface area contributed by atoms with E-state index in [0.29, 0.717) is 17.8 Å². The number of nitrogens with one attached hydrogen (secondary N) is 1. The second-order valence-electron chi connectivity index (χ2n) is 4.69. The van der Waals surface area contributed by atoms with Crippen LogP contribution in [0.1, 0.15) is 18.5 Å². The van der Waals surface area contributed by atoms with Gasteiger partial charge < -0.3 is 5.32 Å². The van der Waals surface area contributed by atoms with Crippen LogP contribution in [0.15, 0.2) is 35.1 Å². The zero-order valence-electron chi connectivity index (χ0n) is 12.1. The third-order valence-electron chi connectivity index (χ3n) is 3.32. The van der Waals surface area contributed by atoms with Crippen molar-refractivity contribution in [2.75, 3.05) is 5.32 Å². The van der Waals surface area contributed by atoms with Crippen molar-refractivity contribution in [3.63, 3.8) is 0 Å². The van der Waals surface area contributed by atoms with Crippen molar-refractivity contribution >= 4 is 11.6 Å². The number of terminal acetylenes is 1. The molecule has 0 saturated carbocycles. The lowest BCUT2D eigenvalue weighted by Gasteiger charge is -2.07. The van der Waals surface area contributed by atoms with Crippen molar-refractivity contribution in [2.24, 2.45) is 7.05 Å². The largest absolute Gasteiger partial charge is 0.320 e. The van der Waals surface area contributed by atoms with Crippen LogP contribution in [0, 0.1) is 19.3 Å². The number of rotatable bonds is 4. The van der Waals surface area contributed by atoms with Gasteiger partial charge in [0.2, 0.25) is 5.91 Å². The van der Waals surface area contributed by atoms with Crippen LogP contribution >= 0.6 is 0 Å². The topological polar surface area (TPSA) is 56.0 Å². The molecule has 1 heterocycles. The molecule has 0 unspecified atom stereocenters. The molecule has 21 heavy (non-hydrogen) atoms. The van der Waals surface area contributed by atoms with Crippen LogP contribution in [-0.2, 0) is 11.8 Å². The van der Waals surface area contributed by atoms with Crippen LogP contribution in [-0.4, -0.2) is 15.3 Å². The van der Waals surface area contributed by atoms with E-state index in [1.807, 2.05) is 30.3 Å². The van der Waals surface area contributed by atoms with Gasteiger partial charge in [-0.3, -0.25) is 14.3 Å². The smallest absolute Gasteiger partial charge is 0.295 e. The Morgan fingerprint density at radius 1 is 1.33 bits per heavy atom. The molecule has 0 radical (unpaired) electrons. The molecule has 0 atom stereocenters. The van der Waals surface area contributed by atoms with E-state index in [-0.39, 0.29) is 17.9 Å². The predicted octanol–water partition coefficient (Wildman–Crippen LogP) is 1.84. The van der Waals surface area contributed by atoms with E-state index in [2.05, 4.69) is 11.2 Å². The number of anilines is 1. The Morgan fingerprint density at radius 2 is 2.00 bits per heavy atom. The number of carbonyl (C=O) groups excluding carboxylic acids is 1. The van der Waals surface area contributed by atoms with Gasteiger partial charge in [-0.05, 0) is 19.1 Å². The molecule has 0 bridgehead atoms. The molecular weight excluding hydrogens is 266 g/mol. The summed E-state index contributed by atoms with van der Waals surface area (Å²) in [7, 11) is 1.78. The molecule has 5 heteroatoms. The first-order valence-electron chi connectivity index (χ1n) is 6.63. The van der Waals surface area contributed by atoms with Gasteiger partial charge in [0.05, 0.1) is 11.4 Å². The second kappa shape index (κ2) is 6.14. The summed E-state index contributed by atoms with van der Waals surface area (Å²) in [6.45, 7) is 1.79. The lowest BCUT2D eigenvalue weighted by molar-refractivity contribution is -0.116. The molecule has 0 saturated heterocycles. The molecule has 1 N–H and O–H groups in total. The van der Waals surface area contributed by atoms with Gasteiger partial charge in [-0.1, -0.05) is 18.2 Å². The normalized spacial score (nSPS) is 10.1. The average molecular weight is 283 g/mol. The molecule has 0 aliphatic heterocycles. The van der Waals surface area contributed by atoms with Crippen molar-refractivity contribution in [3.8, 4) is 18.0 Å². The van der Waals surface area contributed by atoms with Crippen LogP contribution in [0.5, 0.6) is 0 Å². The SMILES string of the molecule is C#CCCC(=O)Nc1c(C)n(C)n(-c2ccccc2)c1=O. The highest BCUT2D eigenvalue weighted by Crippen LogP contribution is 2.14. The second-order valence-corrected chi connectivity index (χ2v) is 4.69. The van der Waals surface area contributed by atoms with Crippen LogP contribution in [0.3, 0.4) is 0 Å². The van der Waals surface area contributed by atoms with Gasteiger partial charge in [-0.15, -0.1) is 12.3 Å². The molecule has 0 aliphatic rings. The summed E-state index contributed by atoms with van der Waals surface area (Å²) in [6.07, 6.45) is 5.69. The van der Waals surface area contributed by atoms with Gasteiger partial charge in [0, 0.05) is 19.9 Å². The molecule has 0 fully saturated rings. The van der Waals surface area contributed by atoms with Crippen molar-refractivity contribution in [1.82, 2.24) is 9.36 Å². The lowest BCUT2D eigenvalue weighted by Crippen LogP contribution is -2.22. The van der Waals surface area contributed by atoms with Crippen LogP contribution < -0.4 is 10.9 Å². The number of aromatic nitrogens is 2. The van der Waals surface area contributed by atoms with E-state index in [0.717, 1.165) is 5.69 Å². The maximum Gasteiger partial charge on any atom is 0.295 e. The monoisotopic (exact) mass is 283 g/mol. The summed E-state index contributed by atoms with van der Waals surface area (Å²) < 4.78 is 3.24. The molecule has 1 aromatic heterocycles. The van der Waals surface area contributed by atoms with E-state index >= 15 is 0 Å². The summed E-state index contributed by atoms with van der Waals surface area (Å²) in [6, 6.07) is 9.27. The number of hydrogen-bond acceptors (Lipinski definition) is 2. The van der Waals surface area contributed by atoms with Crippen LogP contribution in [0.4, 0.5) is 5.69 Å². The molecular formula is C16H17N3O2. The first-order valence-corrected chi connectivity index (χ1v) is 6.63. The Balaban J connectivity index is 2.40. The van der Waals surface area contributed by atoms with Gasteiger partial charge in [0.25, 0.3) is 5.56 Å². The number of para-hydroxylation sites is 1. The zero-order valence-corrected chi connectivity index (χ0v) is 12.1. The number of benzene rings is 1. The molecule has 1 amide bonds. The molecule has 108 valence electrons. The minimum absolute atomic E-state index is 0.204. The highest BCUT2D eigenvalue weighted by Gasteiger charge is 2.17. The number of amides is 1. The highest BCUT2D eigenvalue weighted by molar-refractivity contribution is 5.91. The maximum absolute atomic E-state index is 12.5. The fourth-order valence-electron chi connectivity index (χ4n) is 2.10. The van der Waals surface area contributed by atoms with Gasteiger partial charge in [0.1, 0.15) is 5.69 Å². The van der Waals surface area contributed by atoms with Crippen molar-refractivity contribution < 1.29 is 4.79 Å². The Bertz CT molecular complexity index is 748. The molecule has 0 aliphatic carbocycles. The van der Waals surface area contributed by atoms with E-state index in [1.54, 1.807) is 18.7 Å². The highest BCUT2D eigenvalue weighted by atomic mass is 16.2. The molecule has 2 rings (SSSR count). The molecule has 2 aromatic rings. The van der Waals surface area contributed by atoms with Gasteiger partial charge >= 0.3 is 0 Å². The Labute approximate surface area is 123 Å². The van der Waals surface area contributed by atoms with Crippen LogP contribution in [0.25, 0.3) is 5.69 Å². The third-order valence-corrected chi connectivity index (χ3v) is 3.32. The number of hydrogen-bond donors (Lipinski definition) is 1. The molecule has 1 aromatic carbocycles. The number of carbonyl (C=O) groups is 1. The Hall–Kier alpha value is -2.74. The standard InChI is InChI=1S/C16H17N3O2/c1-4-5-11-14(20)17-15-12(2)18(3)19(16(15)21)13-9-7-6-8-10-13/h1,6-10H,5,11H2,2-3H3,(H,17,20). The summed E-state index contributed by atoms with van der Waals surface area (Å²) in [5.74, 6) is 2.16. The molecule has 5 nitrogen and oxygen atoms in total. The van der Waals surface area contributed by atoms with Gasteiger partial charge in [-0.2, -0.15) is 0 Å².